The monoisotopic (exact) mass is 311 g/mol. The van der Waals surface area contributed by atoms with Gasteiger partial charge in [0.25, 0.3) is 0 Å². The van der Waals surface area contributed by atoms with Crippen LogP contribution in [0.25, 0.3) is 0 Å². The third-order valence-corrected chi connectivity index (χ3v) is 3.05. The molecule has 0 aromatic heterocycles. The van der Waals surface area contributed by atoms with Gasteiger partial charge in [-0.3, -0.25) is 9.59 Å². The predicted octanol–water partition coefficient (Wildman–Crippen LogP) is 0.266. The van der Waals surface area contributed by atoms with Gasteiger partial charge in [-0.25, -0.2) is 4.79 Å². The molecule has 0 radical (unpaired) electrons. The SMILES string of the molecule is COc1cc(C(=O)C(=O)C(C)(N)C(=O)O)cc(OC)c1OC. The number of Topliss-reactive ketones (excluding diaryl/α,β-unsaturated/α-hetero) is 2. The van der Waals surface area contributed by atoms with Crippen molar-refractivity contribution in [2.75, 3.05) is 21.3 Å². The molecule has 8 nitrogen and oxygen atoms in total. The number of carbonyl (C=O) groups excluding carboxylic acids is 2. The molecule has 0 bridgehead atoms. The van der Waals surface area contributed by atoms with Crippen molar-refractivity contribution < 1.29 is 33.7 Å². The van der Waals surface area contributed by atoms with E-state index < -0.39 is 23.1 Å². The largest absolute Gasteiger partial charge is 0.493 e. The number of benzene rings is 1. The van der Waals surface area contributed by atoms with Crippen LogP contribution >= 0.6 is 0 Å². The fourth-order valence-electron chi connectivity index (χ4n) is 1.68. The highest BCUT2D eigenvalue weighted by Crippen LogP contribution is 2.38. The van der Waals surface area contributed by atoms with Crippen LogP contribution in [0.2, 0.25) is 0 Å². The van der Waals surface area contributed by atoms with Crippen molar-refractivity contribution in [2.45, 2.75) is 12.5 Å². The quantitative estimate of drug-likeness (QED) is 0.417. The van der Waals surface area contributed by atoms with Crippen LogP contribution in [-0.2, 0) is 9.59 Å². The summed E-state index contributed by atoms with van der Waals surface area (Å²) in [5.74, 6) is -3.36. The van der Waals surface area contributed by atoms with Crippen molar-refractivity contribution in [3.8, 4) is 17.2 Å². The van der Waals surface area contributed by atoms with Gasteiger partial charge < -0.3 is 25.1 Å². The summed E-state index contributed by atoms with van der Waals surface area (Å²) in [6.45, 7) is 0.952. The first-order valence-corrected chi connectivity index (χ1v) is 6.12. The van der Waals surface area contributed by atoms with Gasteiger partial charge in [0.15, 0.2) is 17.0 Å². The van der Waals surface area contributed by atoms with Crippen molar-refractivity contribution in [2.24, 2.45) is 5.73 Å². The Morgan fingerprint density at radius 3 is 1.82 bits per heavy atom. The first-order valence-electron chi connectivity index (χ1n) is 6.12. The van der Waals surface area contributed by atoms with E-state index in [4.69, 9.17) is 25.1 Å². The summed E-state index contributed by atoms with van der Waals surface area (Å²) in [6.07, 6.45) is 0. The Labute approximate surface area is 126 Å². The van der Waals surface area contributed by atoms with Gasteiger partial charge >= 0.3 is 5.97 Å². The van der Waals surface area contributed by atoms with E-state index in [-0.39, 0.29) is 22.8 Å². The number of carbonyl (C=O) groups is 3. The first-order chi connectivity index (χ1) is 10.2. The molecule has 1 rings (SSSR count). The van der Waals surface area contributed by atoms with Crippen LogP contribution in [0, 0.1) is 0 Å². The number of rotatable bonds is 7. The van der Waals surface area contributed by atoms with E-state index in [1.54, 1.807) is 0 Å². The zero-order valence-corrected chi connectivity index (χ0v) is 12.6. The number of hydrogen-bond donors (Lipinski definition) is 2. The van der Waals surface area contributed by atoms with Gasteiger partial charge in [0.05, 0.1) is 21.3 Å². The second kappa shape index (κ2) is 6.44. The van der Waals surface area contributed by atoms with E-state index in [0.717, 1.165) is 6.92 Å². The third-order valence-electron chi connectivity index (χ3n) is 3.05. The van der Waals surface area contributed by atoms with Gasteiger partial charge in [-0.1, -0.05) is 0 Å². The van der Waals surface area contributed by atoms with Gasteiger partial charge in [0.1, 0.15) is 0 Å². The molecule has 22 heavy (non-hydrogen) atoms. The Bertz CT molecular complexity index is 597. The third kappa shape index (κ3) is 3.01. The number of hydrogen-bond acceptors (Lipinski definition) is 7. The molecule has 1 unspecified atom stereocenters. The zero-order chi connectivity index (χ0) is 17.1. The Kier molecular flexibility index (Phi) is 5.10. The Balaban J connectivity index is 3.36. The molecule has 0 heterocycles. The molecule has 1 aromatic carbocycles. The van der Waals surface area contributed by atoms with Gasteiger partial charge in [-0.05, 0) is 19.1 Å². The molecule has 1 aromatic rings. The minimum absolute atomic E-state index is 0.113. The second-order valence-electron chi connectivity index (χ2n) is 4.58. The van der Waals surface area contributed by atoms with E-state index in [9.17, 15) is 14.4 Å². The van der Waals surface area contributed by atoms with Crippen molar-refractivity contribution in [3.05, 3.63) is 17.7 Å². The van der Waals surface area contributed by atoms with Crippen LogP contribution in [0.15, 0.2) is 12.1 Å². The number of carboxylic acids is 1. The van der Waals surface area contributed by atoms with Crippen LogP contribution in [0.3, 0.4) is 0 Å². The summed E-state index contributed by atoms with van der Waals surface area (Å²) in [4.78, 5) is 35.2. The second-order valence-corrected chi connectivity index (χ2v) is 4.58. The summed E-state index contributed by atoms with van der Waals surface area (Å²) < 4.78 is 15.2. The van der Waals surface area contributed by atoms with Crippen molar-refractivity contribution in [1.82, 2.24) is 0 Å². The molecule has 8 heteroatoms. The van der Waals surface area contributed by atoms with Crippen LogP contribution in [-0.4, -0.2) is 49.5 Å². The van der Waals surface area contributed by atoms with Gasteiger partial charge in [0, 0.05) is 5.56 Å². The molecule has 0 fully saturated rings. The van der Waals surface area contributed by atoms with Crippen LogP contribution in [0.4, 0.5) is 0 Å². The van der Waals surface area contributed by atoms with Gasteiger partial charge in [-0.15, -0.1) is 0 Å². The molecule has 0 aliphatic rings. The summed E-state index contributed by atoms with van der Waals surface area (Å²) in [7, 11) is 4.07. The van der Waals surface area contributed by atoms with Crippen LogP contribution in [0.5, 0.6) is 17.2 Å². The number of nitrogens with two attached hydrogens (primary N) is 1. The number of ether oxygens (including phenoxy) is 3. The average Bonchev–Trinajstić information content (AvgIpc) is 2.51. The number of ketones is 2. The lowest BCUT2D eigenvalue weighted by molar-refractivity contribution is -0.146. The van der Waals surface area contributed by atoms with Crippen LogP contribution < -0.4 is 19.9 Å². The zero-order valence-electron chi connectivity index (χ0n) is 12.6. The highest BCUT2D eigenvalue weighted by atomic mass is 16.5. The topological polar surface area (TPSA) is 125 Å². The van der Waals surface area contributed by atoms with Crippen molar-refractivity contribution in [3.63, 3.8) is 0 Å². The molecule has 0 amide bonds. The Morgan fingerprint density at radius 2 is 1.50 bits per heavy atom. The highest BCUT2D eigenvalue weighted by molar-refractivity contribution is 6.49. The molecule has 120 valence electrons. The van der Waals surface area contributed by atoms with Gasteiger partial charge in [0.2, 0.25) is 17.3 Å². The van der Waals surface area contributed by atoms with E-state index in [1.165, 1.54) is 33.5 Å². The maximum absolute atomic E-state index is 12.2. The molecule has 0 aliphatic heterocycles. The van der Waals surface area contributed by atoms with E-state index >= 15 is 0 Å². The standard InChI is InChI=1S/C14H17NO7/c1-14(15,13(18)19)12(17)10(16)7-5-8(20-2)11(22-4)9(6-7)21-3/h5-6H,15H2,1-4H3,(H,18,19). The minimum Gasteiger partial charge on any atom is -0.493 e. The summed E-state index contributed by atoms with van der Waals surface area (Å²) in [6, 6.07) is 2.50. The van der Waals surface area contributed by atoms with Crippen molar-refractivity contribution in [1.29, 1.82) is 0 Å². The number of methoxy groups -OCH3 is 3. The van der Waals surface area contributed by atoms with Gasteiger partial charge in [-0.2, -0.15) is 0 Å². The molecule has 0 spiro atoms. The normalized spacial score (nSPS) is 13.0. The number of carboxylic acid groups (broad SMARTS) is 1. The molecule has 0 aliphatic carbocycles. The lowest BCUT2D eigenvalue weighted by atomic mass is 9.91. The van der Waals surface area contributed by atoms with Crippen LogP contribution in [0.1, 0.15) is 17.3 Å². The average molecular weight is 311 g/mol. The lowest BCUT2D eigenvalue weighted by Gasteiger charge is -2.17. The molecule has 0 saturated carbocycles. The first kappa shape index (κ1) is 17.4. The maximum Gasteiger partial charge on any atom is 0.331 e. The highest BCUT2D eigenvalue weighted by Gasteiger charge is 2.41. The smallest absolute Gasteiger partial charge is 0.331 e. The fraction of sp³-hybridized carbons (Fsp3) is 0.357. The lowest BCUT2D eigenvalue weighted by Crippen LogP contribution is -2.54. The molecular formula is C14H17NO7. The van der Waals surface area contributed by atoms with Crippen molar-refractivity contribution >= 4 is 17.5 Å². The summed E-state index contributed by atoms with van der Waals surface area (Å²) in [5, 5.41) is 8.92. The minimum atomic E-state index is -2.32. The molecule has 0 saturated heterocycles. The fourth-order valence-corrected chi connectivity index (χ4v) is 1.68. The van der Waals surface area contributed by atoms with E-state index in [2.05, 4.69) is 0 Å². The molecule has 3 N–H and O–H groups in total. The predicted molar refractivity (Wildman–Crippen MR) is 75.7 cm³/mol. The Morgan fingerprint density at radius 1 is 1.05 bits per heavy atom. The molecule has 1 atom stereocenters. The van der Waals surface area contributed by atoms with E-state index in [1.807, 2.05) is 0 Å². The molecular weight excluding hydrogens is 294 g/mol. The van der Waals surface area contributed by atoms with E-state index in [0.29, 0.717) is 0 Å². The summed E-state index contributed by atoms with van der Waals surface area (Å²) >= 11 is 0. The Hall–Kier alpha value is -2.61. The maximum atomic E-state index is 12.2. The summed E-state index contributed by atoms with van der Waals surface area (Å²) in [5.41, 5.74) is 2.95. The number of aliphatic carboxylic acids is 1.